The summed E-state index contributed by atoms with van der Waals surface area (Å²) in [5, 5.41) is 10.0. The van der Waals surface area contributed by atoms with Gasteiger partial charge in [0.15, 0.2) is 0 Å². The molecule has 0 fully saturated rings. The molecule has 0 spiro atoms. The lowest BCUT2D eigenvalue weighted by atomic mass is 9.99. The summed E-state index contributed by atoms with van der Waals surface area (Å²) in [6, 6.07) is 23.7. The summed E-state index contributed by atoms with van der Waals surface area (Å²) in [7, 11) is 0. The van der Waals surface area contributed by atoms with Gasteiger partial charge in [0, 0.05) is 6.42 Å². The summed E-state index contributed by atoms with van der Waals surface area (Å²) < 4.78 is 1.80. The molecule has 1 heterocycles. The lowest BCUT2D eigenvalue weighted by Crippen LogP contribution is -2.26. The third kappa shape index (κ3) is 3.75. The van der Waals surface area contributed by atoms with Crippen molar-refractivity contribution in [3.05, 3.63) is 99.6 Å². The second-order valence-corrected chi connectivity index (χ2v) is 7.54. The summed E-state index contributed by atoms with van der Waals surface area (Å²) in [6.07, 6.45) is 1.68. The largest absolute Gasteiger partial charge is 0.292 e. The van der Waals surface area contributed by atoms with Crippen molar-refractivity contribution in [2.75, 3.05) is 0 Å². The van der Waals surface area contributed by atoms with E-state index in [1.165, 1.54) is 0 Å². The molecule has 0 saturated carbocycles. The number of nitriles is 1. The molecule has 0 N–H and O–H groups in total. The van der Waals surface area contributed by atoms with Crippen LogP contribution in [0.5, 0.6) is 0 Å². The molecule has 0 aliphatic heterocycles. The minimum absolute atomic E-state index is 0.00560. The SMILES string of the molecule is CCCc1nc2ccc(C)cc2c(=O)n1Cc1ccc(-c2ccccc2C#N)cc1. The second-order valence-electron chi connectivity index (χ2n) is 7.54. The minimum atomic E-state index is 0.00560. The van der Waals surface area contributed by atoms with Crippen LogP contribution in [-0.2, 0) is 13.0 Å². The van der Waals surface area contributed by atoms with E-state index in [0.29, 0.717) is 17.5 Å². The summed E-state index contributed by atoms with van der Waals surface area (Å²) in [4.78, 5) is 18.0. The Morgan fingerprint density at radius 3 is 2.53 bits per heavy atom. The zero-order valence-corrected chi connectivity index (χ0v) is 17.2. The van der Waals surface area contributed by atoms with E-state index in [0.717, 1.165) is 46.4 Å². The number of aryl methyl sites for hydroxylation is 2. The molecular formula is C26H23N3O. The topological polar surface area (TPSA) is 58.7 Å². The van der Waals surface area contributed by atoms with E-state index in [-0.39, 0.29) is 5.56 Å². The van der Waals surface area contributed by atoms with E-state index in [2.05, 4.69) is 13.0 Å². The molecule has 1 aromatic heterocycles. The number of fused-ring (bicyclic) bond motifs is 1. The molecule has 4 rings (SSSR count). The van der Waals surface area contributed by atoms with Gasteiger partial charge in [0.25, 0.3) is 5.56 Å². The number of hydrogen-bond acceptors (Lipinski definition) is 3. The molecule has 4 nitrogen and oxygen atoms in total. The first kappa shape index (κ1) is 19.6. The summed E-state index contributed by atoms with van der Waals surface area (Å²) in [5.41, 5.74) is 5.40. The fourth-order valence-electron chi connectivity index (χ4n) is 3.76. The Hall–Kier alpha value is -3.71. The Kier molecular flexibility index (Phi) is 5.45. The average Bonchev–Trinajstić information content (AvgIpc) is 2.77. The molecule has 0 unspecified atom stereocenters. The van der Waals surface area contributed by atoms with Crippen molar-refractivity contribution in [3.8, 4) is 17.2 Å². The Bertz CT molecular complexity index is 1310. The van der Waals surface area contributed by atoms with Crippen molar-refractivity contribution in [2.45, 2.75) is 33.2 Å². The van der Waals surface area contributed by atoms with Crippen molar-refractivity contribution < 1.29 is 0 Å². The third-order valence-corrected chi connectivity index (χ3v) is 5.32. The van der Waals surface area contributed by atoms with Crippen LogP contribution in [0.15, 0.2) is 71.5 Å². The monoisotopic (exact) mass is 393 g/mol. The number of hydrogen-bond donors (Lipinski definition) is 0. The fraction of sp³-hybridized carbons (Fsp3) is 0.192. The van der Waals surface area contributed by atoms with Crippen molar-refractivity contribution in [3.63, 3.8) is 0 Å². The van der Waals surface area contributed by atoms with Gasteiger partial charge in [-0.25, -0.2) is 4.98 Å². The van der Waals surface area contributed by atoms with Gasteiger partial charge >= 0.3 is 0 Å². The molecule has 0 atom stereocenters. The molecule has 0 bridgehead atoms. The molecule has 0 saturated heterocycles. The maximum absolute atomic E-state index is 13.2. The van der Waals surface area contributed by atoms with Crippen LogP contribution in [0.4, 0.5) is 0 Å². The molecule has 3 aromatic carbocycles. The van der Waals surface area contributed by atoms with Crippen LogP contribution in [0, 0.1) is 18.3 Å². The van der Waals surface area contributed by atoms with Crippen LogP contribution in [-0.4, -0.2) is 9.55 Å². The molecular weight excluding hydrogens is 370 g/mol. The van der Waals surface area contributed by atoms with Crippen LogP contribution in [0.2, 0.25) is 0 Å². The molecule has 30 heavy (non-hydrogen) atoms. The van der Waals surface area contributed by atoms with Crippen LogP contribution in [0.3, 0.4) is 0 Å². The minimum Gasteiger partial charge on any atom is -0.292 e. The zero-order valence-electron chi connectivity index (χ0n) is 17.2. The first-order valence-electron chi connectivity index (χ1n) is 10.2. The fourth-order valence-corrected chi connectivity index (χ4v) is 3.76. The van der Waals surface area contributed by atoms with E-state index in [1.54, 1.807) is 4.57 Å². The predicted octanol–water partition coefficient (Wildman–Crippen LogP) is 5.24. The van der Waals surface area contributed by atoms with Crippen molar-refractivity contribution >= 4 is 10.9 Å². The number of rotatable bonds is 5. The maximum Gasteiger partial charge on any atom is 0.261 e. The van der Waals surface area contributed by atoms with Gasteiger partial charge in [-0.3, -0.25) is 9.36 Å². The Morgan fingerprint density at radius 2 is 1.80 bits per heavy atom. The maximum atomic E-state index is 13.2. The number of aromatic nitrogens is 2. The second kappa shape index (κ2) is 8.34. The van der Waals surface area contributed by atoms with Crippen molar-refractivity contribution in [1.82, 2.24) is 9.55 Å². The van der Waals surface area contributed by atoms with Crippen molar-refractivity contribution in [1.29, 1.82) is 5.26 Å². The van der Waals surface area contributed by atoms with Crippen LogP contribution >= 0.6 is 0 Å². The van der Waals surface area contributed by atoms with Gasteiger partial charge in [-0.2, -0.15) is 5.26 Å². The van der Waals surface area contributed by atoms with Gasteiger partial charge in [0.1, 0.15) is 5.82 Å². The van der Waals surface area contributed by atoms with E-state index >= 15 is 0 Å². The normalized spacial score (nSPS) is 10.8. The standard InChI is InChI=1S/C26H23N3O/c1-3-6-25-28-24-14-9-18(2)15-23(24)26(30)29(25)17-19-10-12-20(13-11-19)22-8-5-4-7-21(22)16-27/h4-5,7-15H,3,6,17H2,1-2H3. The highest BCUT2D eigenvalue weighted by Crippen LogP contribution is 2.24. The molecule has 0 aliphatic carbocycles. The Balaban J connectivity index is 1.73. The molecule has 0 radical (unpaired) electrons. The van der Waals surface area contributed by atoms with Crippen LogP contribution < -0.4 is 5.56 Å². The highest BCUT2D eigenvalue weighted by Gasteiger charge is 2.12. The quantitative estimate of drug-likeness (QED) is 0.466. The molecule has 4 aromatic rings. The predicted molar refractivity (Wildman–Crippen MR) is 120 cm³/mol. The third-order valence-electron chi connectivity index (χ3n) is 5.32. The highest BCUT2D eigenvalue weighted by atomic mass is 16.1. The number of benzene rings is 3. The summed E-state index contributed by atoms with van der Waals surface area (Å²) in [5.74, 6) is 0.817. The Morgan fingerprint density at radius 1 is 1.03 bits per heavy atom. The number of nitrogens with zero attached hydrogens (tertiary/aromatic N) is 3. The summed E-state index contributed by atoms with van der Waals surface area (Å²) >= 11 is 0. The smallest absolute Gasteiger partial charge is 0.261 e. The van der Waals surface area contributed by atoms with Crippen LogP contribution in [0.1, 0.15) is 35.9 Å². The van der Waals surface area contributed by atoms with E-state index in [9.17, 15) is 10.1 Å². The first-order valence-corrected chi connectivity index (χ1v) is 10.2. The van der Waals surface area contributed by atoms with Crippen LogP contribution in [0.25, 0.3) is 22.0 Å². The van der Waals surface area contributed by atoms with Gasteiger partial charge in [-0.15, -0.1) is 0 Å². The first-order chi connectivity index (χ1) is 14.6. The zero-order chi connectivity index (χ0) is 21.1. The van der Waals surface area contributed by atoms with E-state index < -0.39 is 0 Å². The van der Waals surface area contributed by atoms with Gasteiger partial charge < -0.3 is 0 Å². The van der Waals surface area contributed by atoms with Gasteiger partial charge in [0.05, 0.1) is 29.1 Å². The summed E-state index contributed by atoms with van der Waals surface area (Å²) in [6.45, 7) is 4.56. The van der Waals surface area contributed by atoms with E-state index in [4.69, 9.17) is 4.98 Å². The molecule has 0 amide bonds. The van der Waals surface area contributed by atoms with Gasteiger partial charge in [-0.05, 0) is 48.2 Å². The van der Waals surface area contributed by atoms with Crippen molar-refractivity contribution in [2.24, 2.45) is 0 Å². The molecule has 4 heteroatoms. The Labute approximate surface area is 176 Å². The van der Waals surface area contributed by atoms with Gasteiger partial charge in [0.2, 0.25) is 0 Å². The lowest BCUT2D eigenvalue weighted by molar-refractivity contribution is 0.665. The average molecular weight is 393 g/mol. The molecule has 0 aliphatic rings. The lowest BCUT2D eigenvalue weighted by Gasteiger charge is -2.14. The highest BCUT2D eigenvalue weighted by molar-refractivity contribution is 5.78. The van der Waals surface area contributed by atoms with E-state index in [1.807, 2.05) is 73.7 Å². The van der Waals surface area contributed by atoms with Gasteiger partial charge in [-0.1, -0.05) is 61.0 Å². The molecule has 148 valence electrons.